The number of piperazine rings is 1. The van der Waals surface area contributed by atoms with Crippen LogP contribution >= 0.6 is 0 Å². The van der Waals surface area contributed by atoms with Crippen LogP contribution in [0.1, 0.15) is 12.8 Å². The largest absolute Gasteiger partial charge is 0.381 e. The Balaban J connectivity index is 0.000000188. The van der Waals surface area contributed by atoms with Crippen molar-refractivity contribution in [1.82, 2.24) is 35.2 Å². The number of nitrogens with one attached hydrogen (secondary N) is 2. The monoisotopic (exact) mass is 643 g/mol. The maximum absolute atomic E-state index is 10.9. The van der Waals surface area contributed by atoms with Crippen LogP contribution in [-0.2, 0) is 4.74 Å². The Morgan fingerprint density at radius 1 is 0.957 bits per heavy atom. The third-order valence-electron chi connectivity index (χ3n) is 7.03. The van der Waals surface area contributed by atoms with Crippen LogP contribution < -0.4 is 10.2 Å². The van der Waals surface area contributed by atoms with Crippen LogP contribution in [0.15, 0.2) is 42.6 Å². The highest BCUT2D eigenvalue weighted by atomic mass is 16.7. The van der Waals surface area contributed by atoms with Gasteiger partial charge in [0, 0.05) is 81.5 Å². The van der Waals surface area contributed by atoms with Gasteiger partial charge in [0.2, 0.25) is 5.52 Å². The number of fused-ring (bicyclic) bond motifs is 2. The van der Waals surface area contributed by atoms with E-state index < -0.39 is 9.96 Å². The summed E-state index contributed by atoms with van der Waals surface area (Å²) in [6.45, 7) is 7.92. The number of aromatic amines is 1. The molecule has 0 radical (unpaired) electrons. The average Bonchev–Trinajstić information content (AvgIpc) is 3.82. The van der Waals surface area contributed by atoms with Gasteiger partial charge in [-0.05, 0) is 53.2 Å². The van der Waals surface area contributed by atoms with Crippen molar-refractivity contribution in [2.75, 3.05) is 85.6 Å². The van der Waals surface area contributed by atoms with E-state index in [1.54, 1.807) is 12.1 Å². The van der Waals surface area contributed by atoms with Crippen LogP contribution in [0.5, 0.6) is 0 Å². The van der Waals surface area contributed by atoms with E-state index in [9.17, 15) is 30.3 Å². The van der Waals surface area contributed by atoms with E-state index in [0.717, 1.165) is 75.4 Å². The molecule has 2 saturated heterocycles. The second-order valence-corrected chi connectivity index (χ2v) is 10.8. The van der Waals surface area contributed by atoms with Crippen molar-refractivity contribution in [3.63, 3.8) is 0 Å². The molecule has 18 heteroatoms. The number of aromatic nitrogens is 4. The Morgan fingerprint density at radius 2 is 1.59 bits per heavy atom. The van der Waals surface area contributed by atoms with Gasteiger partial charge in [-0.15, -0.1) is 0 Å². The molecule has 0 aliphatic carbocycles. The lowest BCUT2D eigenvalue weighted by Crippen LogP contribution is -2.44. The molecule has 0 bridgehead atoms. The first-order chi connectivity index (χ1) is 22.0. The first kappa shape index (κ1) is 35.7. The first-order valence-electron chi connectivity index (χ1n) is 14.7. The molecule has 250 valence electrons. The third-order valence-corrected chi connectivity index (χ3v) is 7.03. The summed E-state index contributed by atoms with van der Waals surface area (Å²) in [6.07, 6.45) is 3.68. The van der Waals surface area contributed by atoms with Crippen molar-refractivity contribution in [2.24, 2.45) is 0 Å². The summed E-state index contributed by atoms with van der Waals surface area (Å²) >= 11 is 0. The lowest BCUT2D eigenvalue weighted by Gasteiger charge is -2.32. The maximum Gasteiger partial charge on any atom is 0.270 e. The van der Waals surface area contributed by atoms with Crippen molar-refractivity contribution in [1.29, 1.82) is 0 Å². The van der Waals surface area contributed by atoms with Crippen LogP contribution in [-0.4, -0.2) is 125 Å². The number of benzene rings is 2. The lowest BCUT2D eigenvalue weighted by atomic mass is 10.2. The van der Waals surface area contributed by atoms with Crippen LogP contribution in [0, 0.1) is 30.3 Å². The molecule has 0 atom stereocenters. The highest BCUT2D eigenvalue weighted by Gasteiger charge is 2.20. The van der Waals surface area contributed by atoms with Gasteiger partial charge in [0.25, 0.3) is 11.4 Å². The fourth-order valence-electron chi connectivity index (χ4n) is 4.40. The van der Waals surface area contributed by atoms with Crippen LogP contribution in [0.25, 0.3) is 21.8 Å². The Morgan fingerprint density at radius 3 is 2.11 bits per heavy atom. The topological polar surface area (TPSA) is 207 Å². The zero-order chi connectivity index (χ0) is 33.6. The Kier molecular flexibility index (Phi) is 13.7. The van der Waals surface area contributed by atoms with Gasteiger partial charge in [0.1, 0.15) is 6.20 Å². The smallest absolute Gasteiger partial charge is 0.270 e. The average molecular weight is 644 g/mol. The summed E-state index contributed by atoms with van der Waals surface area (Å²) in [5.74, 6) is 0.812. The molecule has 0 unspecified atom stereocenters. The number of nitro benzene ring substituents is 2. The predicted octanol–water partition coefficient (Wildman–Crippen LogP) is 2.77. The molecule has 2 aliphatic rings. The van der Waals surface area contributed by atoms with Gasteiger partial charge in [-0.25, -0.2) is 0 Å². The molecule has 4 aromatic rings. The van der Waals surface area contributed by atoms with Crippen molar-refractivity contribution in [3.8, 4) is 0 Å². The molecule has 4 heterocycles. The maximum atomic E-state index is 10.9. The molecule has 2 fully saturated rings. The summed E-state index contributed by atoms with van der Waals surface area (Å²) in [7, 11) is 8.18. The third kappa shape index (κ3) is 10.7. The normalized spacial score (nSPS) is 14.6. The highest BCUT2D eigenvalue weighted by molar-refractivity contribution is 5.91. The number of ether oxygens (including phenoxy) is 1. The van der Waals surface area contributed by atoms with Gasteiger partial charge in [-0.1, -0.05) is 0 Å². The van der Waals surface area contributed by atoms with E-state index in [0.29, 0.717) is 15.7 Å². The molecule has 2 aromatic carbocycles. The van der Waals surface area contributed by atoms with Crippen molar-refractivity contribution < 1.29 is 19.6 Å². The fourth-order valence-corrected chi connectivity index (χ4v) is 4.40. The van der Waals surface area contributed by atoms with Gasteiger partial charge < -0.3 is 34.9 Å². The molecule has 46 heavy (non-hydrogen) atoms. The molecule has 0 amide bonds. The van der Waals surface area contributed by atoms with Gasteiger partial charge in [-0.2, -0.15) is 5.10 Å². The van der Waals surface area contributed by atoms with E-state index in [-0.39, 0.29) is 16.3 Å². The SMILES string of the molecule is C1CCOC1.CN1CCN(c2n[nH]c3ccc([N+](=O)[O-])cc23)CC1.CNCCN(C)C.O=[N+]([O-])c1ccc2nn([N+](=O)[O-])cc2c1. The number of H-pyrrole nitrogens is 1. The number of hydrogen-bond acceptors (Lipinski definition) is 13. The second-order valence-electron chi connectivity index (χ2n) is 10.8. The standard InChI is InChI=1S/C12H15N5O2.C7H4N4O4.C5H14N2.C4H8O/c1-15-4-6-16(7-5-15)12-10-8-9(17(18)19)2-3-11(10)13-14-12;12-10(13)6-1-2-7-5(3-6)4-9(8-7)11(14)15;1-6-4-5-7(2)3;1-2-4-5-3-1/h2-3,8H,4-7H2,1H3,(H,13,14);1-4H;6H,4-5H2,1-3H3;1-4H2. The van der Waals surface area contributed by atoms with Crippen molar-refractivity contribution in [2.45, 2.75) is 12.8 Å². The van der Waals surface area contributed by atoms with E-state index in [1.807, 2.05) is 7.05 Å². The Bertz CT molecular complexity index is 1560. The minimum atomic E-state index is -0.716. The quantitative estimate of drug-likeness (QED) is 0.220. The summed E-state index contributed by atoms with van der Waals surface area (Å²) < 4.78 is 4.94. The molecule has 0 saturated carbocycles. The number of nitrogens with zero attached hydrogens (tertiary/aromatic N) is 9. The highest BCUT2D eigenvalue weighted by Crippen LogP contribution is 2.28. The molecule has 18 nitrogen and oxygen atoms in total. The minimum absolute atomic E-state index is 0.101. The fraction of sp³-hybridized carbons (Fsp3) is 0.500. The van der Waals surface area contributed by atoms with Crippen LogP contribution in [0.4, 0.5) is 17.2 Å². The molecule has 2 aromatic heterocycles. The van der Waals surface area contributed by atoms with E-state index in [1.165, 1.54) is 37.1 Å². The van der Waals surface area contributed by atoms with E-state index in [2.05, 4.69) is 56.5 Å². The number of non-ortho nitro benzene ring substituents is 2. The molecular formula is C28H41N11O7. The summed E-state index contributed by atoms with van der Waals surface area (Å²) in [4.78, 5) is 37.8. The molecule has 0 spiro atoms. The van der Waals surface area contributed by atoms with E-state index >= 15 is 0 Å². The van der Waals surface area contributed by atoms with E-state index in [4.69, 9.17) is 4.74 Å². The van der Waals surface area contributed by atoms with Gasteiger partial charge in [-0.3, -0.25) is 25.3 Å². The second kappa shape index (κ2) is 17.6. The Labute approximate surface area is 265 Å². The van der Waals surface area contributed by atoms with Crippen LogP contribution in [0.3, 0.4) is 0 Å². The summed E-state index contributed by atoms with van der Waals surface area (Å²) in [6, 6.07) is 8.65. The number of hydrogen-bond donors (Lipinski definition) is 2. The van der Waals surface area contributed by atoms with Gasteiger partial charge in [0.15, 0.2) is 5.82 Å². The molecule has 2 aliphatic heterocycles. The Hall–Kier alpha value is -4.78. The van der Waals surface area contributed by atoms with Gasteiger partial charge in [0.05, 0.1) is 36.3 Å². The molecule has 2 N–H and O–H groups in total. The van der Waals surface area contributed by atoms with Gasteiger partial charge >= 0.3 is 0 Å². The number of likely N-dealkylation sites (N-methyl/N-ethyl adjacent to an activating group) is 3. The number of nitro groups is 3. The zero-order valence-corrected chi connectivity index (χ0v) is 26.5. The zero-order valence-electron chi connectivity index (χ0n) is 26.5. The summed E-state index contributed by atoms with van der Waals surface area (Å²) in [5.41, 5.74) is 1.16. The van der Waals surface area contributed by atoms with Crippen LogP contribution in [0.2, 0.25) is 0 Å². The predicted molar refractivity (Wildman–Crippen MR) is 174 cm³/mol. The van der Waals surface area contributed by atoms with Crippen molar-refractivity contribution in [3.05, 3.63) is 72.9 Å². The van der Waals surface area contributed by atoms with Crippen molar-refractivity contribution >= 4 is 39.0 Å². The number of anilines is 1. The minimum Gasteiger partial charge on any atom is -0.381 e. The molecule has 6 rings (SSSR count). The molecular weight excluding hydrogens is 602 g/mol. The number of rotatable bonds is 7. The first-order valence-corrected chi connectivity index (χ1v) is 14.7. The summed E-state index contributed by atoms with van der Waals surface area (Å²) in [5, 5.41) is 46.0. The lowest BCUT2D eigenvalue weighted by molar-refractivity contribution is -0.552.